The van der Waals surface area contributed by atoms with Gasteiger partial charge in [0.2, 0.25) is 5.82 Å². The molecule has 6 nitrogen and oxygen atoms in total. The van der Waals surface area contributed by atoms with Crippen LogP contribution in [0.5, 0.6) is 0 Å². The highest BCUT2D eigenvalue weighted by Crippen LogP contribution is 2.32. The fourth-order valence-electron chi connectivity index (χ4n) is 2.20. The average molecular weight is 250 g/mol. The smallest absolute Gasteiger partial charge is 0.311 e. The largest absolute Gasteiger partial charge is 0.370 e. The number of hydrogen-bond donors (Lipinski definition) is 2. The molecule has 1 aliphatic carbocycles. The quantitative estimate of drug-likeness (QED) is 0.620. The van der Waals surface area contributed by atoms with Gasteiger partial charge in [-0.15, -0.1) is 0 Å². The lowest BCUT2D eigenvalue weighted by atomic mass is 9.82. The monoisotopic (exact) mass is 250 g/mol. The molecule has 1 aromatic rings. The van der Waals surface area contributed by atoms with Crippen LogP contribution in [0.2, 0.25) is 0 Å². The standard InChI is InChI=1S/C12H18N4O2/c1-3-13-11-5-4-10(16(17)18)12(15-11)14-9-6-8(2)7-9/h4-5,8-9H,3,6-7H2,1-2H3,(H2,13,14,15). The molecule has 98 valence electrons. The zero-order chi connectivity index (χ0) is 13.1. The van der Waals surface area contributed by atoms with E-state index in [4.69, 9.17) is 0 Å². The van der Waals surface area contributed by atoms with E-state index < -0.39 is 4.92 Å². The van der Waals surface area contributed by atoms with Crippen molar-refractivity contribution in [3.05, 3.63) is 22.2 Å². The van der Waals surface area contributed by atoms with Crippen molar-refractivity contribution in [2.24, 2.45) is 5.92 Å². The molecule has 2 N–H and O–H groups in total. The maximum atomic E-state index is 10.9. The van der Waals surface area contributed by atoms with E-state index in [1.807, 2.05) is 6.92 Å². The molecule has 0 radical (unpaired) electrons. The molecule has 0 atom stereocenters. The molecule has 1 aliphatic rings. The van der Waals surface area contributed by atoms with Crippen molar-refractivity contribution < 1.29 is 4.92 Å². The maximum Gasteiger partial charge on any atom is 0.311 e. The van der Waals surface area contributed by atoms with E-state index in [-0.39, 0.29) is 5.69 Å². The fraction of sp³-hybridized carbons (Fsp3) is 0.583. The molecule has 0 aromatic carbocycles. The lowest BCUT2D eigenvalue weighted by Gasteiger charge is -2.33. The van der Waals surface area contributed by atoms with Gasteiger partial charge in [-0.25, -0.2) is 4.98 Å². The molecular formula is C12H18N4O2. The van der Waals surface area contributed by atoms with Crippen molar-refractivity contribution in [2.75, 3.05) is 17.2 Å². The third-order valence-corrected chi connectivity index (χ3v) is 3.14. The van der Waals surface area contributed by atoms with Crippen LogP contribution in [0.4, 0.5) is 17.3 Å². The van der Waals surface area contributed by atoms with Crippen LogP contribution in [-0.2, 0) is 0 Å². The van der Waals surface area contributed by atoms with Gasteiger partial charge in [-0.05, 0) is 31.7 Å². The number of rotatable bonds is 5. The highest BCUT2D eigenvalue weighted by atomic mass is 16.6. The first-order valence-electron chi connectivity index (χ1n) is 6.26. The summed E-state index contributed by atoms with van der Waals surface area (Å²) in [6.45, 7) is 4.88. The molecule has 0 spiro atoms. The minimum atomic E-state index is -0.396. The van der Waals surface area contributed by atoms with E-state index >= 15 is 0 Å². The van der Waals surface area contributed by atoms with Gasteiger partial charge < -0.3 is 10.6 Å². The summed E-state index contributed by atoms with van der Waals surface area (Å²) >= 11 is 0. The van der Waals surface area contributed by atoms with Crippen LogP contribution >= 0.6 is 0 Å². The van der Waals surface area contributed by atoms with Crippen LogP contribution in [0.1, 0.15) is 26.7 Å². The minimum Gasteiger partial charge on any atom is -0.370 e. The van der Waals surface area contributed by atoms with Gasteiger partial charge in [-0.1, -0.05) is 6.92 Å². The Morgan fingerprint density at radius 1 is 1.50 bits per heavy atom. The number of nitro groups is 1. The lowest BCUT2D eigenvalue weighted by Crippen LogP contribution is -2.34. The zero-order valence-electron chi connectivity index (χ0n) is 10.6. The topological polar surface area (TPSA) is 80.1 Å². The molecule has 0 saturated heterocycles. The van der Waals surface area contributed by atoms with Gasteiger partial charge in [0.1, 0.15) is 5.82 Å². The molecule has 0 amide bonds. The SMILES string of the molecule is CCNc1ccc([N+](=O)[O-])c(NC2CC(C)C2)n1. The second kappa shape index (κ2) is 5.20. The van der Waals surface area contributed by atoms with Gasteiger partial charge in [0.15, 0.2) is 0 Å². The average Bonchev–Trinajstić information content (AvgIpc) is 2.27. The Bertz CT molecular complexity index is 444. The Morgan fingerprint density at radius 2 is 2.22 bits per heavy atom. The number of nitrogens with one attached hydrogen (secondary N) is 2. The van der Waals surface area contributed by atoms with Crippen LogP contribution in [0.25, 0.3) is 0 Å². The van der Waals surface area contributed by atoms with Crippen LogP contribution in [0, 0.1) is 16.0 Å². The molecule has 0 aliphatic heterocycles. The third kappa shape index (κ3) is 2.69. The lowest BCUT2D eigenvalue weighted by molar-refractivity contribution is -0.384. The first-order valence-corrected chi connectivity index (χ1v) is 6.26. The number of hydrogen-bond acceptors (Lipinski definition) is 5. The Hall–Kier alpha value is -1.85. The van der Waals surface area contributed by atoms with E-state index in [1.165, 1.54) is 6.07 Å². The summed E-state index contributed by atoms with van der Waals surface area (Å²) in [5, 5.41) is 17.2. The fourth-order valence-corrected chi connectivity index (χ4v) is 2.20. The number of pyridine rings is 1. The van der Waals surface area contributed by atoms with Gasteiger partial charge >= 0.3 is 5.69 Å². The molecular weight excluding hydrogens is 232 g/mol. The maximum absolute atomic E-state index is 10.9. The highest BCUT2D eigenvalue weighted by Gasteiger charge is 2.28. The second-order valence-electron chi connectivity index (χ2n) is 4.77. The Morgan fingerprint density at radius 3 is 2.78 bits per heavy atom. The van der Waals surface area contributed by atoms with E-state index in [1.54, 1.807) is 6.07 Å². The first kappa shape index (κ1) is 12.6. The van der Waals surface area contributed by atoms with E-state index in [9.17, 15) is 10.1 Å². The van der Waals surface area contributed by atoms with E-state index in [0.717, 1.165) is 19.4 Å². The molecule has 0 unspecified atom stereocenters. The van der Waals surface area contributed by atoms with Crippen LogP contribution in [-0.4, -0.2) is 22.5 Å². The number of aromatic nitrogens is 1. The van der Waals surface area contributed by atoms with Crippen molar-refractivity contribution >= 4 is 17.3 Å². The Kier molecular flexibility index (Phi) is 3.64. The minimum absolute atomic E-state index is 0.0382. The van der Waals surface area contributed by atoms with Crippen LogP contribution in [0.15, 0.2) is 12.1 Å². The summed E-state index contributed by atoms with van der Waals surface area (Å²) in [5.41, 5.74) is 0.0382. The van der Waals surface area contributed by atoms with Gasteiger partial charge in [0.05, 0.1) is 4.92 Å². The van der Waals surface area contributed by atoms with Crippen molar-refractivity contribution in [3.8, 4) is 0 Å². The molecule has 18 heavy (non-hydrogen) atoms. The van der Waals surface area contributed by atoms with Crippen LogP contribution in [0.3, 0.4) is 0 Å². The second-order valence-corrected chi connectivity index (χ2v) is 4.77. The Balaban J connectivity index is 2.17. The summed E-state index contributed by atoms with van der Waals surface area (Å²) < 4.78 is 0. The van der Waals surface area contributed by atoms with E-state index in [2.05, 4.69) is 22.5 Å². The van der Waals surface area contributed by atoms with Crippen molar-refractivity contribution in [2.45, 2.75) is 32.7 Å². The molecule has 6 heteroatoms. The predicted molar refractivity (Wildman–Crippen MR) is 70.9 cm³/mol. The number of anilines is 2. The van der Waals surface area contributed by atoms with Crippen molar-refractivity contribution in [3.63, 3.8) is 0 Å². The zero-order valence-corrected chi connectivity index (χ0v) is 10.6. The summed E-state index contributed by atoms with van der Waals surface area (Å²) in [7, 11) is 0. The van der Waals surface area contributed by atoms with Gasteiger partial charge in [0.25, 0.3) is 0 Å². The van der Waals surface area contributed by atoms with Crippen LogP contribution < -0.4 is 10.6 Å². The Labute approximate surface area is 106 Å². The van der Waals surface area contributed by atoms with Gasteiger partial charge in [0, 0.05) is 18.7 Å². The molecule has 1 fully saturated rings. The molecule has 0 bridgehead atoms. The van der Waals surface area contributed by atoms with E-state index in [0.29, 0.717) is 23.6 Å². The predicted octanol–water partition coefficient (Wildman–Crippen LogP) is 2.63. The van der Waals surface area contributed by atoms with Gasteiger partial charge in [-0.3, -0.25) is 10.1 Å². The highest BCUT2D eigenvalue weighted by molar-refractivity contribution is 5.60. The van der Waals surface area contributed by atoms with Gasteiger partial charge in [-0.2, -0.15) is 0 Å². The molecule has 2 rings (SSSR count). The summed E-state index contributed by atoms with van der Waals surface area (Å²) in [6, 6.07) is 3.44. The van der Waals surface area contributed by atoms with Crippen molar-refractivity contribution in [1.29, 1.82) is 0 Å². The summed E-state index contributed by atoms with van der Waals surface area (Å²) in [6.07, 6.45) is 2.09. The first-order chi connectivity index (χ1) is 8.60. The summed E-state index contributed by atoms with van der Waals surface area (Å²) in [5.74, 6) is 1.73. The summed E-state index contributed by atoms with van der Waals surface area (Å²) in [4.78, 5) is 14.8. The third-order valence-electron chi connectivity index (χ3n) is 3.14. The molecule has 1 saturated carbocycles. The molecule has 1 aromatic heterocycles. The number of nitrogens with zero attached hydrogens (tertiary/aromatic N) is 2. The van der Waals surface area contributed by atoms with Crippen molar-refractivity contribution in [1.82, 2.24) is 4.98 Å². The molecule has 1 heterocycles. The normalized spacial score (nSPS) is 22.1.